The lowest BCUT2D eigenvalue weighted by Crippen LogP contribution is -2.37. The van der Waals surface area contributed by atoms with Crippen molar-refractivity contribution in [1.82, 2.24) is 0 Å². The molecule has 0 N–H and O–H groups in total. The lowest BCUT2D eigenvalue weighted by molar-refractivity contribution is -0.145. The van der Waals surface area contributed by atoms with Gasteiger partial charge in [0.2, 0.25) is 0 Å². The van der Waals surface area contributed by atoms with E-state index in [0.717, 1.165) is 21.0 Å². The molecule has 0 aromatic heterocycles. The van der Waals surface area contributed by atoms with Crippen LogP contribution in [-0.2, 0) is 19.6 Å². The molecule has 0 aliphatic rings. The van der Waals surface area contributed by atoms with Crippen LogP contribution in [0.3, 0.4) is 0 Å². The molecular formula is C20H25NO4S. The number of sulfonamides is 1. The largest absolute Gasteiger partial charge is 0.462 e. The van der Waals surface area contributed by atoms with Gasteiger partial charge in [0.15, 0.2) is 0 Å². The number of rotatable bonds is 6. The number of nitrogens with zero attached hydrogens (tertiary/aromatic N) is 1. The molecule has 140 valence electrons. The lowest BCUT2D eigenvalue weighted by atomic mass is 10.1. The van der Waals surface area contributed by atoms with E-state index in [9.17, 15) is 13.2 Å². The molecule has 5 nitrogen and oxygen atoms in total. The van der Waals surface area contributed by atoms with Crippen LogP contribution in [0.15, 0.2) is 47.4 Å². The lowest BCUT2D eigenvalue weighted by Gasteiger charge is -2.26. The van der Waals surface area contributed by atoms with Crippen molar-refractivity contribution in [2.75, 3.05) is 10.8 Å². The predicted octanol–water partition coefficient (Wildman–Crippen LogP) is 3.76. The van der Waals surface area contributed by atoms with Crippen LogP contribution in [0.1, 0.15) is 30.5 Å². The van der Waals surface area contributed by atoms with E-state index in [2.05, 4.69) is 0 Å². The predicted molar refractivity (Wildman–Crippen MR) is 103 cm³/mol. The Morgan fingerprint density at radius 1 is 1.04 bits per heavy atom. The minimum absolute atomic E-state index is 0.140. The van der Waals surface area contributed by atoms with Crippen LogP contribution in [0, 0.1) is 20.8 Å². The van der Waals surface area contributed by atoms with Gasteiger partial charge in [-0.05, 0) is 63.9 Å². The molecule has 2 aromatic rings. The minimum atomic E-state index is -3.91. The molecule has 0 radical (unpaired) electrons. The van der Waals surface area contributed by atoms with Crippen molar-refractivity contribution < 1.29 is 17.9 Å². The fourth-order valence-corrected chi connectivity index (χ4v) is 4.03. The highest BCUT2D eigenvalue weighted by Gasteiger charge is 2.29. The van der Waals surface area contributed by atoms with Gasteiger partial charge < -0.3 is 4.74 Å². The molecule has 6 heteroatoms. The fourth-order valence-electron chi connectivity index (χ4n) is 2.56. The molecule has 26 heavy (non-hydrogen) atoms. The van der Waals surface area contributed by atoms with Gasteiger partial charge in [-0.1, -0.05) is 29.8 Å². The molecule has 2 rings (SSSR count). The quantitative estimate of drug-likeness (QED) is 0.721. The van der Waals surface area contributed by atoms with Crippen LogP contribution >= 0.6 is 0 Å². The highest BCUT2D eigenvalue weighted by Crippen LogP contribution is 2.28. The summed E-state index contributed by atoms with van der Waals surface area (Å²) in [5.41, 5.74) is 3.19. The van der Waals surface area contributed by atoms with Gasteiger partial charge in [0.25, 0.3) is 10.0 Å². The SMILES string of the molecule is Cc1ccc(S(=O)(=O)N(CC(=O)OC(C)C)c2cccc(C)c2C)cc1. The molecule has 0 fully saturated rings. The van der Waals surface area contributed by atoms with Gasteiger partial charge in [0, 0.05) is 0 Å². The number of esters is 1. The average molecular weight is 375 g/mol. The standard InChI is InChI=1S/C20H25NO4S/c1-14(2)25-20(22)13-21(19-8-6-7-16(4)17(19)5)26(23,24)18-11-9-15(3)10-12-18/h6-12,14H,13H2,1-5H3. The van der Waals surface area contributed by atoms with Crippen molar-refractivity contribution >= 4 is 21.7 Å². The Kier molecular flexibility index (Phi) is 6.08. The van der Waals surface area contributed by atoms with E-state index in [1.165, 1.54) is 0 Å². The molecule has 0 atom stereocenters. The van der Waals surface area contributed by atoms with E-state index in [4.69, 9.17) is 4.74 Å². The summed E-state index contributed by atoms with van der Waals surface area (Å²) in [4.78, 5) is 12.4. The second kappa shape index (κ2) is 7.91. The Labute approximate surface area is 155 Å². The number of hydrogen-bond acceptors (Lipinski definition) is 4. The third-order valence-electron chi connectivity index (χ3n) is 4.09. The fraction of sp³-hybridized carbons (Fsp3) is 0.350. The molecule has 0 aliphatic carbocycles. The van der Waals surface area contributed by atoms with Crippen LogP contribution in [0.25, 0.3) is 0 Å². The van der Waals surface area contributed by atoms with Crippen LogP contribution < -0.4 is 4.31 Å². The van der Waals surface area contributed by atoms with E-state index in [0.29, 0.717) is 5.69 Å². The Morgan fingerprint density at radius 2 is 1.65 bits per heavy atom. The summed E-state index contributed by atoms with van der Waals surface area (Å²) in [5, 5.41) is 0. The van der Waals surface area contributed by atoms with Crippen molar-refractivity contribution in [3.05, 3.63) is 59.2 Å². The number of benzene rings is 2. The monoisotopic (exact) mass is 375 g/mol. The minimum Gasteiger partial charge on any atom is -0.462 e. The summed E-state index contributed by atoms with van der Waals surface area (Å²) in [5.74, 6) is -0.586. The van der Waals surface area contributed by atoms with E-state index in [1.807, 2.05) is 26.8 Å². The maximum atomic E-state index is 13.2. The molecule has 0 saturated carbocycles. The van der Waals surface area contributed by atoms with Crippen LogP contribution in [0.2, 0.25) is 0 Å². The van der Waals surface area contributed by atoms with Gasteiger partial charge >= 0.3 is 5.97 Å². The zero-order chi connectivity index (χ0) is 19.5. The molecule has 0 amide bonds. The summed E-state index contributed by atoms with van der Waals surface area (Å²) < 4.78 is 32.8. The first kappa shape index (κ1) is 20.0. The molecular weight excluding hydrogens is 350 g/mol. The Bertz CT molecular complexity index is 887. The zero-order valence-electron chi connectivity index (χ0n) is 15.8. The number of aryl methyl sites for hydroxylation is 2. The summed E-state index contributed by atoms with van der Waals surface area (Å²) in [6.07, 6.45) is -0.315. The first-order valence-electron chi connectivity index (χ1n) is 8.48. The van der Waals surface area contributed by atoms with E-state index in [-0.39, 0.29) is 17.5 Å². The van der Waals surface area contributed by atoms with Crippen molar-refractivity contribution in [3.63, 3.8) is 0 Å². The van der Waals surface area contributed by atoms with Crippen LogP contribution in [0.5, 0.6) is 0 Å². The second-order valence-corrected chi connectivity index (χ2v) is 8.44. The van der Waals surface area contributed by atoms with Crippen LogP contribution in [0.4, 0.5) is 5.69 Å². The third kappa shape index (κ3) is 4.43. The smallest absolute Gasteiger partial charge is 0.327 e. The maximum Gasteiger partial charge on any atom is 0.327 e. The zero-order valence-corrected chi connectivity index (χ0v) is 16.6. The van der Waals surface area contributed by atoms with Crippen molar-refractivity contribution in [1.29, 1.82) is 0 Å². The van der Waals surface area contributed by atoms with E-state index in [1.54, 1.807) is 50.2 Å². The first-order valence-corrected chi connectivity index (χ1v) is 9.92. The molecule has 0 saturated heterocycles. The Hall–Kier alpha value is -2.34. The molecule has 0 spiro atoms. The topological polar surface area (TPSA) is 63.7 Å². The number of anilines is 1. The Morgan fingerprint density at radius 3 is 2.23 bits per heavy atom. The second-order valence-electron chi connectivity index (χ2n) is 6.58. The van der Waals surface area contributed by atoms with Crippen LogP contribution in [-0.4, -0.2) is 27.0 Å². The summed E-state index contributed by atoms with van der Waals surface area (Å²) in [6.45, 7) is 8.72. The number of ether oxygens (including phenoxy) is 1. The Balaban J connectivity index is 2.54. The van der Waals surface area contributed by atoms with E-state index < -0.39 is 16.0 Å². The molecule has 0 bridgehead atoms. The number of hydrogen-bond donors (Lipinski definition) is 0. The number of carbonyl (C=O) groups is 1. The van der Waals surface area contributed by atoms with Gasteiger partial charge in [-0.3, -0.25) is 9.10 Å². The third-order valence-corrected chi connectivity index (χ3v) is 5.87. The average Bonchev–Trinajstić information content (AvgIpc) is 2.55. The summed E-state index contributed by atoms with van der Waals surface area (Å²) >= 11 is 0. The summed E-state index contributed by atoms with van der Waals surface area (Å²) in [6, 6.07) is 12.0. The summed E-state index contributed by atoms with van der Waals surface area (Å²) in [7, 11) is -3.91. The normalized spacial score (nSPS) is 11.5. The van der Waals surface area contributed by atoms with Crippen molar-refractivity contribution in [3.8, 4) is 0 Å². The highest BCUT2D eigenvalue weighted by atomic mass is 32.2. The maximum absolute atomic E-state index is 13.2. The molecule has 0 aliphatic heterocycles. The van der Waals surface area contributed by atoms with Gasteiger partial charge in [-0.25, -0.2) is 8.42 Å². The van der Waals surface area contributed by atoms with Gasteiger partial charge in [0.05, 0.1) is 16.7 Å². The highest BCUT2D eigenvalue weighted by molar-refractivity contribution is 7.92. The molecule has 2 aromatic carbocycles. The van der Waals surface area contributed by atoms with E-state index >= 15 is 0 Å². The van der Waals surface area contributed by atoms with Crippen molar-refractivity contribution in [2.24, 2.45) is 0 Å². The molecule has 0 unspecified atom stereocenters. The van der Waals surface area contributed by atoms with Gasteiger partial charge in [0.1, 0.15) is 6.54 Å². The van der Waals surface area contributed by atoms with Gasteiger partial charge in [-0.15, -0.1) is 0 Å². The van der Waals surface area contributed by atoms with Crippen molar-refractivity contribution in [2.45, 2.75) is 45.6 Å². The van der Waals surface area contributed by atoms with Gasteiger partial charge in [-0.2, -0.15) is 0 Å². The number of carbonyl (C=O) groups excluding carboxylic acids is 1. The first-order chi connectivity index (χ1) is 12.1. The molecule has 0 heterocycles.